The molecule has 30 heavy (non-hydrogen) atoms. The molecule has 2 rings (SSSR count). The van der Waals surface area contributed by atoms with Crippen molar-refractivity contribution in [3.05, 3.63) is 21.9 Å². The molecule has 1 aliphatic carbocycles. The molecule has 1 aromatic rings. The van der Waals surface area contributed by atoms with Crippen LogP contribution in [0.2, 0.25) is 0 Å². The van der Waals surface area contributed by atoms with E-state index in [2.05, 4.69) is 11.4 Å². The lowest BCUT2D eigenvalue weighted by atomic mass is 9.98. The van der Waals surface area contributed by atoms with Crippen molar-refractivity contribution in [1.29, 1.82) is 0 Å². The molecule has 0 saturated carbocycles. The fourth-order valence-corrected chi connectivity index (χ4v) is 4.63. The van der Waals surface area contributed by atoms with Crippen LogP contribution in [0.4, 0.5) is 5.69 Å². The summed E-state index contributed by atoms with van der Waals surface area (Å²) in [5, 5.41) is 12.7. The molecule has 1 heterocycles. The van der Waals surface area contributed by atoms with Gasteiger partial charge in [-0.1, -0.05) is 26.8 Å². The minimum absolute atomic E-state index is 0.00264. The van der Waals surface area contributed by atoms with Crippen molar-refractivity contribution in [2.75, 3.05) is 11.4 Å². The molecule has 2 amide bonds. The Balaban J connectivity index is 2.17. The highest BCUT2D eigenvalue weighted by Gasteiger charge is 2.25. The van der Waals surface area contributed by atoms with E-state index >= 15 is 0 Å². The Morgan fingerprint density at radius 2 is 1.97 bits per heavy atom. The van der Waals surface area contributed by atoms with Gasteiger partial charge >= 0.3 is 5.97 Å². The molecule has 1 unspecified atom stereocenters. The number of carboxylic acids is 1. The standard InChI is InChI=1S/C23H34N2O4S/c1-5-20(26)25(13-9-10-16(4)24-22(27)15(2)3)18-14-19(30-21(18)23(28)29)17-11-7-6-8-12-17/h11,14-16H,5-10,12-13H2,1-4H3,(H,24,27)(H,28,29). The second-order valence-electron chi connectivity index (χ2n) is 8.21. The van der Waals surface area contributed by atoms with E-state index < -0.39 is 5.97 Å². The Hall–Kier alpha value is -2.15. The number of carbonyl (C=O) groups is 3. The molecular formula is C23H34N2O4S. The Labute approximate surface area is 183 Å². The summed E-state index contributed by atoms with van der Waals surface area (Å²) in [6.45, 7) is 7.88. The highest BCUT2D eigenvalue weighted by molar-refractivity contribution is 7.15. The maximum Gasteiger partial charge on any atom is 0.348 e. The molecule has 0 saturated heterocycles. The lowest BCUT2D eigenvalue weighted by molar-refractivity contribution is -0.124. The smallest absolute Gasteiger partial charge is 0.348 e. The van der Waals surface area contributed by atoms with Gasteiger partial charge in [-0.25, -0.2) is 4.79 Å². The van der Waals surface area contributed by atoms with Crippen LogP contribution in [0.25, 0.3) is 5.57 Å². The van der Waals surface area contributed by atoms with Gasteiger partial charge in [-0.05, 0) is 57.1 Å². The van der Waals surface area contributed by atoms with Gasteiger partial charge < -0.3 is 15.3 Å². The lowest BCUT2D eigenvalue weighted by Crippen LogP contribution is -2.37. The van der Waals surface area contributed by atoms with E-state index in [9.17, 15) is 19.5 Å². The molecule has 0 fully saturated rings. The SMILES string of the molecule is CCC(=O)N(CCCC(C)NC(=O)C(C)C)c1cc(C2=CCCCC2)sc1C(=O)O. The molecular weight excluding hydrogens is 400 g/mol. The second kappa shape index (κ2) is 11.3. The first-order valence-electron chi connectivity index (χ1n) is 10.9. The van der Waals surface area contributed by atoms with Crippen molar-refractivity contribution in [2.24, 2.45) is 5.92 Å². The van der Waals surface area contributed by atoms with Crippen LogP contribution in [0.15, 0.2) is 12.1 Å². The Kier molecular flexibility index (Phi) is 9.08. The summed E-state index contributed by atoms with van der Waals surface area (Å²) >= 11 is 1.26. The van der Waals surface area contributed by atoms with Crippen LogP contribution < -0.4 is 10.2 Å². The highest BCUT2D eigenvalue weighted by atomic mass is 32.1. The number of hydrogen-bond acceptors (Lipinski definition) is 4. The minimum atomic E-state index is -0.996. The van der Waals surface area contributed by atoms with E-state index in [1.54, 1.807) is 11.8 Å². The quantitative estimate of drug-likeness (QED) is 0.537. The molecule has 2 N–H and O–H groups in total. The van der Waals surface area contributed by atoms with Gasteiger partial charge in [0.05, 0.1) is 5.69 Å². The Morgan fingerprint density at radius 1 is 1.23 bits per heavy atom. The second-order valence-corrected chi connectivity index (χ2v) is 9.26. The summed E-state index contributed by atoms with van der Waals surface area (Å²) < 4.78 is 0. The number of nitrogens with zero attached hydrogens (tertiary/aromatic N) is 1. The van der Waals surface area contributed by atoms with Gasteiger partial charge in [0.2, 0.25) is 11.8 Å². The van der Waals surface area contributed by atoms with Crippen LogP contribution in [-0.2, 0) is 9.59 Å². The van der Waals surface area contributed by atoms with Crippen molar-refractivity contribution in [3.63, 3.8) is 0 Å². The molecule has 166 valence electrons. The third-order valence-electron chi connectivity index (χ3n) is 5.34. The topological polar surface area (TPSA) is 86.7 Å². The molecule has 0 aromatic carbocycles. The van der Waals surface area contributed by atoms with E-state index in [0.717, 1.165) is 30.6 Å². The van der Waals surface area contributed by atoms with Gasteiger partial charge in [-0.2, -0.15) is 0 Å². The van der Waals surface area contributed by atoms with Crippen LogP contribution in [0.3, 0.4) is 0 Å². The first-order chi connectivity index (χ1) is 14.2. The van der Waals surface area contributed by atoms with Gasteiger partial charge in [-0.3, -0.25) is 9.59 Å². The number of allylic oxidation sites excluding steroid dienone is 2. The Bertz CT molecular complexity index is 797. The number of hydrogen-bond donors (Lipinski definition) is 2. The van der Waals surface area contributed by atoms with Gasteiger partial charge in [-0.15, -0.1) is 11.3 Å². The van der Waals surface area contributed by atoms with Gasteiger partial charge in [0.1, 0.15) is 4.88 Å². The summed E-state index contributed by atoms with van der Waals surface area (Å²) in [5.41, 5.74) is 1.69. The first kappa shape index (κ1) is 24.1. The molecule has 1 aliphatic rings. The van der Waals surface area contributed by atoms with Crippen molar-refractivity contribution >= 4 is 40.4 Å². The van der Waals surface area contributed by atoms with Crippen molar-refractivity contribution in [3.8, 4) is 0 Å². The number of anilines is 1. The normalized spacial score (nSPS) is 14.9. The van der Waals surface area contributed by atoms with Crippen molar-refractivity contribution in [2.45, 2.75) is 78.7 Å². The molecule has 0 spiro atoms. The number of carboxylic acid groups (broad SMARTS) is 1. The largest absolute Gasteiger partial charge is 0.477 e. The van der Waals surface area contributed by atoms with Gasteiger partial charge in [0.25, 0.3) is 0 Å². The summed E-state index contributed by atoms with van der Waals surface area (Å²) in [7, 11) is 0. The van der Waals surface area contributed by atoms with E-state index in [1.165, 1.54) is 23.3 Å². The average molecular weight is 435 g/mol. The third kappa shape index (κ3) is 6.42. The predicted molar refractivity (Wildman–Crippen MR) is 122 cm³/mol. The zero-order chi connectivity index (χ0) is 22.3. The van der Waals surface area contributed by atoms with E-state index in [1.807, 2.05) is 26.8 Å². The number of nitrogens with one attached hydrogen (secondary N) is 1. The zero-order valence-electron chi connectivity index (χ0n) is 18.5. The third-order valence-corrected chi connectivity index (χ3v) is 6.53. The van der Waals surface area contributed by atoms with E-state index in [0.29, 0.717) is 25.1 Å². The van der Waals surface area contributed by atoms with Crippen LogP contribution in [0.5, 0.6) is 0 Å². The van der Waals surface area contributed by atoms with Crippen molar-refractivity contribution in [1.82, 2.24) is 5.32 Å². The fraction of sp³-hybridized carbons (Fsp3) is 0.609. The summed E-state index contributed by atoms with van der Waals surface area (Å²) in [6.07, 6.45) is 8.14. The molecule has 1 atom stereocenters. The van der Waals surface area contributed by atoms with Crippen LogP contribution in [-0.4, -0.2) is 35.5 Å². The fourth-order valence-electron chi connectivity index (χ4n) is 3.56. The highest BCUT2D eigenvalue weighted by Crippen LogP contribution is 2.38. The van der Waals surface area contributed by atoms with E-state index in [-0.39, 0.29) is 28.7 Å². The molecule has 0 aliphatic heterocycles. The van der Waals surface area contributed by atoms with Crippen LogP contribution in [0.1, 0.15) is 87.2 Å². The maximum absolute atomic E-state index is 12.7. The summed E-state index contributed by atoms with van der Waals surface area (Å²) in [6, 6.07) is 1.88. The number of amides is 2. The number of thiophene rings is 1. The molecule has 1 aromatic heterocycles. The first-order valence-corrected chi connectivity index (χ1v) is 11.7. The number of carbonyl (C=O) groups excluding carboxylic acids is 2. The monoisotopic (exact) mass is 434 g/mol. The average Bonchev–Trinajstić information content (AvgIpc) is 3.16. The Morgan fingerprint density at radius 3 is 2.53 bits per heavy atom. The van der Waals surface area contributed by atoms with Crippen LogP contribution >= 0.6 is 11.3 Å². The predicted octanol–water partition coefficient (Wildman–Crippen LogP) is 5.09. The van der Waals surface area contributed by atoms with Gasteiger partial charge in [0.15, 0.2) is 0 Å². The maximum atomic E-state index is 12.7. The van der Waals surface area contributed by atoms with Gasteiger partial charge in [0, 0.05) is 29.8 Å². The van der Waals surface area contributed by atoms with Crippen LogP contribution in [0, 0.1) is 5.92 Å². The summed E-state index contributed by atoms with van der Waals surface area (Å²) in [4.78, 5) is 39.2. The molecule has 0 radical (unpaired) electrons. The zero-order valence-corrected chi connectivity index (χ0v) is 19.3. The minimum Gasteiger partial charge on any atom is -0.477 e. The summed E-state index contributed by atoms with van der Waals surface area (Å²) in [5.74, 6) is -1.13. The lowest BCUT2D eigenvalue weighted by Gasteiger charge is -2.23. The van der Waals surface area contributed by atoms with Crippen molar-refractivity contribution < 1.29 is 19.5 Å². The number of aromatic carboxylic acids is 1. The number of rotatable bonds is 10. The van der Waals surface area contributed by atoms with E-state index in [4.69, 9.17) is 0 Å². The molecule has 7 heteroatoms. The molecule has 6 nitrogen and oxygen atoms in total. The molecule has 0 bridgehead atoms.